The molecule has 1 aliphatic rings. The highest BCUT2D eigenvalue weighted by Gasteiger charge is 2.24. The Morgan fingerprint density at radius 2 is 2.59 bits per heavy atom. The number of ether oxygens (including phenoxy) is 1. The largest absolute Gasteiger partial charge is 0.368 e. The maximum absolute atomic E-state index is 11.9. The van der Waals surface area contributed by atoms with E-state index in [2.05, 4.69) is 24.3 Å². The summed E-state index contributed by atoms with van der Waals surface area (Å²) in [4.78, 5) is 11.9. The number of rotatable bonds is 4. The number of carbonyl (C=O) groups excluding carboxylic acids is 1. The van der Waals surface area contributed by atoms with Crippen molar-refractivity contribution in [2.45, 2.75) is 45.3 Å². The predicted molar refractivity (Wildman–Crippen MR) is 64.8 cm³/mol. The number of nitrogens with one attached hydrogen (secondary N) is 1. The molecule has 0 spiro atoms. The third-order valence-electron chi connectivity index (χ3n) is 3.15. The molecule has 1 aliphatic heterocycles. The van der Waals surface area contributed by atoms with Crippen LogP contribution < -0.4 is 5.32 Å². The predicted octanol–water partition coefficient (Wildman–Crippen LogP) is 1.97. The van der Waals surface area contributed by atoms with Gasteiger partial charge in [0.15, 0.2) is 0 Å². The molecular weight excluding hydrogens is 218 g/mol. The highest BCUT2D eigenvalue weighted by Crippen LogP contribution is 2.18. The topological polar surface area (TPSA) is 56.2 Å². The second kappa shape index (κ2) is 5.31. The summed E-state index contributed by atoms with van der Waals surface area (Å²) in [5.74, 6) is 0.687. The van der Waals surface area contributed by atoms with Crippen molar-refractivity contribution in [3.63, 3.8) is 0 Å². The average molecular weight is 237 g/mol. The lowest BCUT2D eigenvalue weighted by Crippen LogP contribution is -2.28. The molecule has 2 heterocycles. The molecule has 1 amide bonds. The van der Waals surface area contributed by atoms with Crippen LogP contribution in [-0.4, -0.2) is 28.4 Å². The number of hydrogen-bond acceptors (Lipinski definition) is 3. The molecule has 1 fully saturated rings. The molecule has 5 heteroatoms. The van der Waals surface area contributed by atoms with Gasteiger partial charge in [-0.15, -0.1) is 0 Å². The number of nitrogens with zero attached hydrogens (tertiary/aromatic N) is 2. The number of carbonyl (C=O) groups is 1. The van der Waals surface area contributed by atoms with Crippen LogP contribution in [0.1, 0.15) is 39.2 Å². The molecule has 0 bridgehead atoms. The zero-order chi connectivity index (χ0) is 12.3. The summed E-state index contributed by atoms with van der Waals surface area (Å²) in [5.41, 5.74) is 0. The van der Waals surface area contributed by atoms with E-state index in [1.54, 1.807) is 6.20 Å². The summed E-state index contributed by atoms with van der Waals surface area (Å²) >= 11 is 0. The number of aromatic nitrogens is 2. The molecule has 0 radical (unpaired) electrons. The molecule has 2 rings (SSSR count). The Balaban J connectivity index is 2.02. The minimum atomic E-state index is -0.296. The van der Waals surface area contributed by atoms with Gasteiger partial charge in [0, 0.05) is 12.7 Å². The lowest BCUT2D eigenvalue weighted by atomic mass is 10.2. The molecule has 0 aliphatic carbocycles. The smallest absolute Gasteiger partial charge is 0.254 e. The first-order valence-corrected chi connectivity index (χ1v) is 6.18. The van der Waals surface area contributed by atoms with Crippen LogP contribution in [-0.2, 0) is 9.53 Å². The molecule has 5 nitrogen and oxygen atoms in total. The molecular formula is C12H19N3O2. The maximum Gasteiger partial charge on any atom is 0.254 e. The first-order chi connectivity index (χ1) is 8.22. The van der Waals surface area contributed by atoms with E-state index in [1.165, 1.54) is 0 Å². The van der Waals surface area contributed by atoms with E-state index in [0.717, 1.165) is 25.1 Å². The third kappa shape index (κ3) is 2.66. The van der Waals surface area contributed by atoms with Crippen LogP contribution in [0.4, 0.5) is 5.82 Å². The van der Waals surface area contributed by atoms with Crippen molar-refractivity contribution in [2.75, 3.05) is 11.9 Å². The second-order valence-electron chi connectivity index (χ2n) is 4.41. The molecule has 2 unspecified atom stereocenters. The summed E-state index contributed by atoms with van der Waals surface area (Å²) in [7, 11) is 0. The van der Waals surface area contributed by atoms with Crippen molar-refractivity contribution in [3.8, 4) is 0 Å². The molecule has 94 valence electrons. The van der Waals surface area contributed by atoms with Gasteiger partial charge in [0.1, 0.15) is 11.9 Å². The third-order valence-corrected chi connectivity index (χ3v) is 3.15. The molecule has 0 aromatic carbocycles. The molecule has 1 N–H and O–H groups in total. The van der Waals surface area contributed by atoms with Crippen molar-refractivity contribution < 1.29 is 9.53 Å². The van der Waals surface area contributed by atoms with Gasteiger partial charge in [0.25, 0.3) is 5.91 Å². The van der Waals surface area contributed by atoms with Gasteiger partial charge in [-0.2, -0.15) is 5.10 Å². The first-order valence-electron chi connectivity index (χ1n) is 6.18. The zero-order valence-corrected chi connectivity index (χ0v) is 10.3. The van der Waals surface area contributed by atoms with Crippen molar-refractivity contribution in [1.82, 2.24) is 9.78 Å². The molecule has 0 saturated carbocycles. The van der Waals surface area contributed by atoms with E-state index in [9.17, 15) is 4.79 Å². The first kappa shape index (κ1) is 12.1. The zero-order valence-electron chi connectivity index (χ0n) is 10.3. The lowest BCUT2D eigenvalue weighted by Gasteiger charge is -2.15. The summed E-state index contributed by atoms with van der Waals surface area (Å²) < 4.78 is 7.19. The van der Waals surface area contributed by atoms with Crippen molar-refractivity contribution in [3.05, 3.63) is 12.3 Å². The number of hydrogen-bond donors (Lipinski definition) is 1. The Bertz CT molecular complexity index is 383. The van der Waals surface area contributed by atoms with Crippen LogP contribution >= 0.6 is 0 Å². The summed E-state index contributed by atoms with van der Waals surface area (Å²) in [6.07, 6.45) is 4.16. The summed E-state index contributed by atoms with van der Waals surface area (Å²) in [6.45, 7) is 4.86. The van der Waals surface area contributed by atoms with Crippen LogP contribution in [0.2, 0.25) is 0 Å². The van der Waals surface area contributed by atoms with Crippen molar-refractivity contribution in [2.24, 2.45) is 0 Å². The van der Waals surface area contributed by atoms with Crippen LogP contribution in [0.15, 0.2) is 12.3 Å². The standard InChI is InChI=1S/C12H19N3O2/c1-3-9(2)15-11(6-7-13-15)14-12(16)10-5-4-8-17-10/h6-7,9-10H,3-5,8H2,1-2H3,(H,14,16). The summed E-state index contributed by atoms with van der Waals surface area (Å²) in [6, 6.07) is 2.10. The fraction of sp³-hybridized carbons (Fsp3) is 0.667. The summed E-state index contributed by atoms with van der Waals surface area (Å²) in [5, 5.41) is 7.11. The van der Waals surface area contributed by atoms with E-state index in [-0.39, 0.29) is 18.1 Å². The van der Waals surface area contributed by atoms with Crippen molar-refractivity contribution in [1.29, 1.82) is 0 Å². The van der Waals surface area contributed by atoms with Gasteiger partial charge in [-0.25, -0.2) is 4.68 Å². The Labute approximate surface area is 101 Å². The van der Waals surface area contributed by atoms with Crippen molar-refractivity contribution >= 4 is 11.7 Å². The Morgan fingerprint density at radius 3 is 3.24 bits per heavy atom. The van der Waals surface area contributed by atoms with E-state index < -0.39 is 0 Å². The van der Waals surface area contributed by atoms with Crippen LogP contribution in [0.5, 0.6) is 0 Å². The van der Waals surface area contributed by atoms with Crippen LogP contribution in [0, 0.1) is 0 Å². The van der Waals surface area contributed by atoms with Crippen LogP contribution in [0.25, 0.3) is 0 Å². The fourth-order valence-electron chi connectivity index (χ4n) is 1.93. The molecule has 1 aromatic rings. The van der Waals surface area contributed by atoms with E-state index in [1.807, 2.05) is 10.7 Å². The van der Waals surface area contributed by atoms with Gasteiger partial charge >= 0.3 is 0 Å². The van der Waals surface area contributed by atoms with Gasteiger partial charge in [0.2, 0.25) is 0 Å². The minimum absolute atomic E-state index is 0.0625. The molecule has 17 heavy (non-hydrogen) atoms. The second-order valence-corrected chi connectivity index (χ2v) is 4.41. The Morgan fingerprint density at radius 1 is 1.76 bits per heavy atom. The monoisotopic (exact) mass is 237 g/mol. The van der Waals surface area contributed by atoms with E-state index in [4.69, 9.17) is 4.74 Å². The van der Waals surface area contributed by atoms with Gasteiger partial charge in [0.05, 0.1) is 12.2 Å². The van der Waals surface area contributed by atoms with Gasteiger partial charge in [-0.05, 0) is 26.2 Å². The number of anilines is 1. The van der Waals surface area contributed by atoms with Gasteiger partial charge in [-0.1, -0.05) is 6.92 Å². The van der Waals surface area contributed by atoms with E-state index >= 15 is 0 Å². The molecule has 2 atom stereocenters. The minimum Gasteiger partial charge on any atom is -0.368 e. The quantitative estimate of drug-likeness (QED) is 0.871. The Kier molecular flexibility index (Phi) is 3.78. The molecule has 1 saturated heterocycles. The van der Waals surface area contributed by atoms with E-state index in [0.29, 0.717) is 6.61 Å². The van der Waals surface area contributed by atoms with Gasteiger partial charge < -0.3 is 10.1 Å². The number of amides is 1. The highest BCUT2D eigenvalue weighted by molar-refractivity contribution is 5.93. The van der Waals surface area contributed by atoms with Gasteiger partial charge in [-0.3, -0.25) is 4.79 Å². The fourth-order valence-corrected chi connectivity index (χ4v) is 1.93. The molecule has 1 aromatic heterocycles. The highest BCUT2D eigenvalue weighted by atomic mass is 16.5. The maximum atomic E-state index is 11.9. The normalized spacial score (nSPS) is 21.4. The average Bonchev–Trinajstić information content (AvgIpc) is 2.98. The SMILES string of the molecule is CCC(C)n1nccc1NC(=O)C1CCCO1. The van der Waals surface area contributed by atoms with Crippen LogP contribution in [0.3, 0.4) is 0 Å². The Hall–Kier alpha value is -1.36. The lowest BCUT2D eigenvalue weighted by molar-refractivity contribution is -0.124.